The van der Waals surface area contributed by atoms with Crippen LogP contribution in [0.15, 0.2) is 18.2 Å². The van der Waals surface area contributed by atoms with Crippen molar-refractivity contribution in [2.75, 3.05) is 12.3 Å². The van der Waals surface area contributed by atoms with Gasteiger partial charge in [0.15, 0.2) is 0 Å². The Bertz CT molecular complexity index is 263. The standard InChI is InChI=1S/C9H12FNO/c1-2-12-6-7-3-4-8(11)5-9(7)10/h3-5H,2,6,11H2,1H3. The van der Waals surface area contributed by atoms with Crippen LogP contribution in [0.3, 0.4) is 0 Å². The Kier molecular flexibility index (Phi) is 3.05. The SMILES string of the molecule is CCOCc1ccc(N)cc1F. The molecule has 0 fully saturated rings. The summed E-state index contributed by atoms with van der Waals surface area (Å²) in [6, 6.07) is 4.60. The van der Waals surface area contributed by atoms with Crippen LogP contribution in [0.4, 0.5) is 10.1 Å². The van der Waals surface area contributed by atoms with Crippen molar-refractivity contribution in [2.24, 2.45) is 0 Å². The fourth-order valence-electron chi connectivity index (χ4n) is 0.893. The zero-order chi connectivity index (χ0) is 8.97. The Morgan fingerprint density at radius 2 is 2.25 bits per heavy atom. The third kappa shape index (κ3) is 2.20. The lowest BCUT2D eigenvalue weighted by molar-refractivity contribution is 0.131. The van der Waals surface area contributed by atoms with Gasteiger partial charge in [-0.25, -0.2) is 4.39 Å². The lowest BCUT2D eigenvalue weighted by Gasteiger charge is -2.03. The molecule has 1 rings (SSSR count). The second-order valence-electron chi connectivity index (χ2n) is 2.49. The van der Waals surface area contributed by atoms with Crippen molar-refractivity contribution in [2.45, 2.75) is 13.5 Å². The molecule has 0 aliphatic carbocycles. The van der Waals surface area contributed by atoms with Gasteiger partial charge in [-0.15, -0.1) is 0 Å². The molecule has 12 heavy (non-hydrogen) atoms. The van der Waals surface area contributed by atoms with Crippen molar-refractivity contribution in [3.05, 3.63) is 29.6 Å². The minimum Gasteiger partial charge on any atom is -0.399 e. The van der Waals surface area contributed by atoms with Crippen LogP contribution in [0.1, 0.15) is 12.5 Å². The van der Waals surface area contributed by atoms with Crippen LogP contribution in [-0.4, -0.2) is 6.61 Å². The summed E-state index contributed by atoms with van der Waals surface area (Å²) in [5, 5.41) is 0. The second-order valence-corrected chi connectivity index (χ2v) is 2.49. The molecule has 0 unspecified atom stereocenters. The van der Waals surface area contributed by atoms with E-state index >= 15 is 0 Å². The van der Waals surface area contributed by atoms with Crippen molar-refractivity contribution in [1.29, 1.82) is 0 Å². The molecule has 0 saturated carbocycles. The average Bonchev–Trinajstić information content (AvgIpc) is 2.03. The molecular formula is C9H12FNO. The summed E-state index contributed by atoms with van der Waals surface area (Å²) in [6.45, 7) is 2.77. The summed E-state index contributed by atoms with van der Waals surface area (Å²) in [5.41, 5.74) is 6.36. The summed E-state index contributed by atoms with van der Waals surface area (Å²) in [5.74, 6) is -0.302. The van der Waals surface area contributed by atoms with E-state index in [0.717, 1.165) is 0 Å². The highest BCUT2D eigenvalue weighted by Gasteiger charge is 2.00. The summed E-state index contributed by atoms with van der Waals surface area (Å²) in [4.78, 5) is 0. The van der Waals surface area contributed by atoms with Gasteiger partial charge in [0.1, 0.15) is 5.82 Å². The third-order valence-corrected chi connectivity index (χ3v) is 1.54. The molecule has 0 bridgehead atoms. The van der Waals surface area contributed by atoms with Gasteiger partial charge in [-0.05, 0) is 19.1 Å². The minimum absolute atomic E-state index is 0.302. The maximum Gasteiger partial charge on any atom is 0.130 e. The molecule has 0 spiro atoms. The molecule has 1 aromatic carbocycles. The van der Waals surface area contributed by atoms with Crippen molar-refractivity contribution in [1.82, 2.24) is 0 Å². The normalized spacial score (nSPS) is 10.2. The number of benzene rings is 1. The summed E-state index contributed by atoms with van der Waals surface area (Å²) in [7, 11) is 0. The first-order chi connectivity index (χ1) is 5.74. The molecule has 0 amide bonds. The largest absolute Gasteiger partial charge is 0.399 e. The van der Waals surface area contributed by atoms with Crippen LogP contribution >= 0.6 is 0 Å². The van der Waals surface area contributed by atoms with Gasteiger partial charge >= 0.3 is 0 Å². The summed E-state index contributed by atoms with van der Waals surface area (Å²) >= 11 is 0. The van der Waals surface area contributed by atoms with Gasteiger partial charge in [0.05, 0.1) is 6.61 Å². The quantitative estimate of drug-likeness (QED) is 0.702. The fraction of sp³-hybridized carbons (Fsp3) is 0.333. The van der Waals surface area contributed by atoms with E-state index < -0.39 is 0 Å². The minimum atomic E-state index is -0.302. The van der Waals surface area contributed by atoms with Crippen LogP contribution in [0, 0.1) is 5.82 Å². The van der Waals surface area contributed by atoms with Crippen molar-refractivity contribution >= 4 is 5.69 Å². The van der Waals surface area contributed by atoms with E-state index in [2.05, 4.69) is 0 Å². The highest BCUT2D eigenvalue weighted by Crippen LogP contribution is 2.12. The number of nitrogens with two attached hydrogens (primary N) is 1. The monoisotopic (exact) mass is 169 g/mol. The molecule has 0 heterocycles. The van der Waals surface area contributed by atoms with Gasteiger partial charge in [0.25, 0.3) is 0 Å². The van der Waals surface area contributed by atoms with E-state index in [1.165, 1.54) is 6.07 Å². The maximum absolute atomic E-state index is 13.0. The van der Waals surface area contributed by atoms with Crippen molar-refractivity contribution in [3.63, 3.8) is 0 Å². The molecule has 2 N–H and O–H groups in total. The fourth-order valence-corrected chi connectivity index (χ4v) is 0.893. The predicted octanol–water partition coefficient (Wildman–Crippen LogP) is 1.94. The maximum atomic E-state index is 13.0. The molecule has 0 aliphatic rings. The Morgan fingerprint density at radius 3 is 2.83 bits per heavy atom. The van der Waals surface area contributed by atoms with E-state index in [9.17, 15) is 4.39 Å². The number of hydrogen-bond donors (Lipinski definition) is 1. The molecule has 66 valence electrons. The average molecular weight is 169 g/mol. The highest BCUT2D eigenvalue weighted by atomic mass is 19.1. The van der Waals surface area contributed by atoms with Crippen molar-refractivity contribution in [3.8, 4) is 0 Å². The first-order valence-corrected chi connectivity index (χ1v) is 3.85. The van der Waals surface area contributed by atoms with E-state index in [1.807, 2.05) is 6.92 Å². The predicted molar refractivity (Wildman–Crippen MR) is 46.1 cm³/mol. The molecule has 1 aromatic rings. The van der Waals surface area contributed by atoms with E-state index in [-0.39, 0.29) is 5.82 Å². The van der Waals surface area contributed by atoms with Gasteiger partial charge < -0.3 is 10.5 Å². The van der Waals surface area contributed by atoms with Gasteiger partial charge in [0.2, 0.25) is 0 Å². The zero-order valence-electron chi connectivity index (χ0n) is 7.01. The molecular weight excluding hydrogens is 157 g/mol. The van der Waals surface area contributed by atoms with Crippen LogP contribution in [0.5, 0.6) is 0 Å². The van der Waals surface area contributed by atoms with Crippen LogP contribution in [0.25, 0.3) is 0 Å². The number of halogens is 1. The van der Waals surface area contributed by atoms with Gasteiger partial charge in [0, 0.05) is 17.9 Å². The number of hydrogen-bond acceptors (Lipinski definition) is 2. The number of anilines is 1. The molecule has 0 aliphatic heterocycles. The van der Waals surface area contributed by atoms with Crippen LogP contribution in [0.2, 0.25) is 0 Å². The topological polar surface area (TPSA) is 35.2 Å². The van der Waals surface area contributed by atoms with Crippen LogP contribution < -0.4 is 5.73 Å². The molecule has 0 saturated heterocycles. The molecule has 0 aromatic heterocycles. The Balaban J connectivity index is 2.72. The number of nitrogen functional groups attached to an aromatic ring is 1. The molecule has 0 radical (unpaired) electrons. The Morgan fingerprint density at radius 1 is 1.50 bits per heavy atom. The lowest BCUT2D eigenvalue weighted by atomic mass is 10.2. The van der Waals surface area contributed by atoms with Gasteiger partial charge in [-0.2, -0.15) is 0 Å². The third-order valence-electron chi connectivity index (χ3n) is 1.54. The zero-order valence-corrected chi connectivity index (χ0v) is 7.01. The molecule has 3 heteroatoms. The van der Waals surface area contributed by atoms with Gasteiger partial charge in [-0.1, -0.05) is 6.07 Å². The number of ether oxygens (including phenoxy) is 1. The number of rotatable bonds is 3. The van der Waals surface area contributed by atoms with E-state index in [1.54, 1.807) is 12.1 Å². The van der Waals surface area contributed by atoms with Crippen LogP contribution in [-0.2, 0) is 11.3 Å². The Labute approximate surface area is 71.1 Å². The first kappa shape index (κ1) is 9.00. The lowest BCUT2D eigenvalue weighted by Crippen LogP contribution is -1.96. The summed E-state index contributed by atoms with van der Waals surface area (Å²) in [6.07, 6.45) is 0. The molecule has 2 nitrogen and oxygen atoms in total. The van der Waals surface area contributed by atoms with Gasteiger partial charge in [-0.3, -0.25) is 0 Å². The molecule has 0 atom stereocenters. The van der Waals surface area contributed by atoms with E-state index in [0.29, 0.717) is 24.5 Å². The summed E-state index contributed by atoms with van der Waals surface area (Å²) < 4.78 is 18.1. The first-order valence-electron chi connectivity index (χ1n) is 3.85. The Hall–Kier alpha value is -1.09. The smallest absolute Gasteiger partial charge is 0.130 e. The van der Waals surface area contributed by atoms with Crippen molar-refractivity contribution < 1.29 is 9.13 Å². The highest BCUT2D eigenvalue weighted by molar-refractivity contribution is 5.40. The van der Waals surface area contributed by atoms with E-state index in [4.69, 9.17) is 10.5 Å². The second kappa shape index (κ2) is 4.07.